The molecule has 4 heteroatoms. The average molecular weight is 323 g/mol. The molecule has 0 saturated carbocycles. The summed E-state index contributed by atoms with van der Waals surface area (Å²) in [5.41, 5.74) is 4.91. The second-order valence-corrected chi connectivity index (χ2v) is 7.87. The van der Waals surface area contributed by atoms with Crippen LogP contribution in [0.3, 0.4) is 0 Å². The molecule has 0 radical (unpaired) electrons. The van der Waals surface area contributed by atoms with Gasteiger partial charge in [0.1, 0.15) is 0 Å². The highest BCUT2D eigenvalue weighted by Gasteiger charge is 2.41. The van der Waals surface area contributed by atoms with Gasteiger partial charge in [0.15, 0.2) is 0 Å². The van der Waals surface area contributed by atoms with Crippen LogP contribution in [0.1, 0.15) is 47.3 Å². The minimum Gasteiger partial charge on any atom is -0.358 e. The van der Waals surface area contributed by atoms with Gasteiger partial charge in [-0.2, -0.15) is 0 Å². The molecule has 3 aliphatic rings. The number of benzene rings is 1. The molecule has 1 amide bonds. The van der Waals surface area contributed by atoms with Crippen LogP contribution in [0, 0.1) is 0 Å². The van der Waals surface area contributed by atoms with Crippen LogP contribution in [0.5, 0.6) is 0 Å². The molecule has 24 heavy (non-hydrogen) atoms. The Hall–Kier alpha value is -1.81. The Kier molecular flexibility index (Phi) is 3.24. The van der Waals surface area contributed by atoms with Gasteiger partial charge in [0.05, 0.1) is 0 Å². The van der Waals surface area contributed by atoms with Gasteiger partial charge in [-0.1, -0.05) is 0 Å². The molecule has 2 atom stereocenters. The molecule has 1 aromatic heterocycles. The Morgan fingerprint density at radius 1 is 1.12 bits per heavy atom. The predicted octanol–water partition coefficient (Wildman–Crippen LogP) is 2.97. The lowest BCUT2D eigenvalue weighted by atomic mass is 9.95. The number of aryl methyl sites for hydroxylation is 2. The Balaban J connectivity index is 1.51. The average Bonchev–Trinajstić information content (AvgIpc) is 3.09. The topological polar surface area (TPSA) is 39.3 Å². The Labute approximate surface area is 142 Å². The summed E-state index contributed by atoms with van der Waals surface area (Å²) in [5.74, 6) is 0.239. The van der Waals surface area contributed by atoms with Crippen LogP contribution in [-0.4, -0.2) is 52.9 Å². The van der Waals surface area contributed by atoms with Crippen molar-refractivity contribution in [3.05, 3.63) is 35.0 Å². The fourth-order valence-electron chi connectivity index (χ4n) is 5.13. The van der Waals surface area contributed by atoms with Gasteiger partial charge in [-0.05, 0) is 69.3 Å². The molecule has 126 valence electrons. The maximum absolute atomic E-state index is 13.2. The molecular formula is C20H25N3O. The molecule has 1 aliphatic carbocycles. The van der Waals surface area contributed by atoms with Crippen molar-refractivity contribution in [2.75, 3.05) is 20.1 Å². The quantitative estimate of drug-likeness (QED) is 0.876. The van der Waals surface area contributed by atoms with E-state index in [9.17, 15) is 4.79 Å². The number of carbonyl (C=O) groups excluding carboxylic acids is 1. The van der Waals surface area contributed by atoms with Gasteiger partial charge >= 0.3 is 0 Å². The van der Waals surface area contributed by atoms with E-state index < -0.39 is 0 Å². The van der Waals surface area contributed by atoms with E-state index in [4.69, 9.17) is 0 Å². The second kappa shape index (κ2) is 5.35. The molecule has 5 rings (SSSR count). The van der Waals surface area contributed by atoms with Crippen LogP contribution in [0.25, 0.3) is 10.9 Å². The van der Waals surface area contributed by atoms with Crippen LogP contribution < -0.4 is 0 Å². The van der Waals surface area contributed by atoms with Crippen LogP contribution in [0.15, 0.2) is 18.2 Å². The maximum Gasteiger partial charge on any atom is 0.254 e. The summed E-state index contributed by atoms with van der Waals surface area (Å²) < 4.78 is 0. The van der Waals surface area contributed by atoms with E-state index in [-0.39, 0.29) is 5.91 Å². The number of piperazine rings is 1. The first kappa shape index (κ1) is 14.5. The summed E-state index contributed by atoms with van der Waals surface area (Å²) in [4.78, 5) is 21.3. The molecule has 3 heterocycles. The Bertz CT molecular complexity index is 795. The van der Waals surface area contributed by atoms with Crippen molar-refractivity contribution in [3.63, 3.8) is 0 Å². The lowest BCUT2D eigenvalue weighted by Gasteiger charge is -2.39. The van der Waals surface area contributed by atoms with E-state index in [2.05, 4.69) is 34.0 Å². The monoisotopic (exact) mass is 323 g/mol. The molecule has 0 spiro atoms. The molecule has 2 aliphatic heterocycles. The zero-order chi connectivity index (χ0) is 16.3. The van der Waals surface area contributed by atoms with Crippen molar-refractivity contribution in [1.82, 2.24) is 14.8 Å². The molecule has 2 saturated heterocycles. The number of hydrogen-bond donors (Lipinski definition) is 1. The highest BCUT2D eigenvalue weighted by atomic mass is 16.2. The van der Waals surface area contributed by atoms with Crippen molar-refractivity contribution in [3.8, 4) is 0 Å². The standard InChI is InChI=1S/C20H25N3O/c1-22-11-14-7-8-15(12-22)23(14)20(24)13-6-9-19-17(10-13)16-4-2-3-5-18(16)21-19/h6,9-10,14-15,21H,2-5,7-8,11-12H2,1H3. The summed E-state index contributed by atoms with van der Waals surface area (Å²) in [6, 6.07) is 7.08. The number of nitrogens with zero attached hydrogens (tertiary/aromatic N) is 2. The minimum absolute atomic E-state index is 0.239. The van der Waals surface area contributed by atoms with Gasteiger partial charge < -0.3 is 14.8 Å². The molecule has 4 nitrogen and oxygen atoms in total. The summed E-state index contributed by atoms with van der Waals surface area (Å²) >= 11 is 0. The van der Waals surface area contributed by atoms with Crippen LogP contribution >= 0.6 is 0 Å². The molecule has 2 fully saturated rings. The smallest absolute Gasteiger partial charge is 0.254 e. The molecule has 1 aromatic carbocycles. The van der Waals surface area contributed by atoms with E-state index in [0.29, 0.717) is 12.1 Å². The van der Waals surface area contributed by atoms with E-state index in [1.165, 1.54) is 35.0 Å². The van der Waals surface area contributed by atoms with Crippen molar-refractivity contribution < 1.29 is 4.79 Å². The van der Waals surface area contributed by atoms with E-state index in [1.54, 1.807) is 0 Å². The fraction of sp³-hybridized carbons (Fsp3) is 0.550. The van der Waals surface area contributed by atoms with E-state index in [0.717, 1.165) is 44.3 Å². The van der Waals surface area contributed by atoms with Crippen molar-refractivity contribution in [2.24, 2.45) is 0 Å². The SMILES string of the molecule is CN1CC2CCC(C1)N2C(=O)c1ccc2[nH]c3c(c2c1)CCCC3. The zero-order valence-electron chi connectivity index (χ0n) is 14.3. The van der Waals surface area contributed by atoms with Gasteiger partial charge in [-0.3, -0.25) is 4.79 Å². The number of likely N-dealkylation sites (tertiary alicyclic amines) is 1. The third-order valence-corrected chi connectivity index (χ3v) is 6.24. The number of amides is 1. The number of aromatic amines is 1. The molecule has 1 N–H and O–H groups in total. The van der Waals surface area contributed by atoms with E-state index in [1.807, 2.05) is 6.07 Å². The number of aromatic nitrogens is 1. The number of rotatable bonds is 1. The Morgan fingerprint density at radius 2 is 1.88 bits per heavy atom. The van der Waals surface area contributed by atoms with Crippen LogP contribution in [0.4, 0.5) is 0 Å². The maximum atomic E-state index is 13.2. The molecule has 2 bridgehead atoms. The summed E-state index contributed by atoms with van der Waals surface area (Å²) in [6.07, 6.45) is 7.14. The first-order valence-corrected chi connectivity index (χ1v) is 9.35. The molecule has 2 aromatic rings. The van der Waals surface area contributed by atoms with Gasteiger partial charge in [0.25, 0.3) is 5.91 Å². The van der Waals surface area contributed by atoms with Crippen LogP contribution in [-0.2, 0) is 12.8 Å². The molecule has 2 unspecified atom stereocenters. The third kappa shape index (κ3) is 2.12. The normalized spacial score (nSPS) is 26.8. The van der Waals surface area contributed by atoms with Gasteiger partial charge in [-0.15, -0.1) is 0 Å². The first-order chi connectivity index (χ1) is 11.7. The number of H-pyrrole nitrogens is 1. The summed E-state index contributed by atoms with van der Waals surface area (Å²) in [7, 11) is 2.17. The predicted molar refractivity (Wildman–Crippen MR) is 95.4 cm³/mol. The highest BCUT2D eigenvalue weighted by Crippen LogP contribution is 2.33. The lowest BCUT2D eigenvalue weighted by Crippen LogP contribution is -2.54. The van der Waals surface area contributed by atoms with Gasteiger partial charge in [-0.25, -0.2) is 0 Å². The lowest BCUT2D eigenvalue weighted by molar-refractivity contribution is 0.0473. The Morgan fingerprint density at radius 3 is 2.67 bits per heavy atom. The van der Waals surface area contributed by atoms with Crippen molar-refractivity contribution in [1.29, 1.82) is 0 Å². The van der Waals surface area contributed by atoms with Crippen molar-refractivity contribution >= 4 is 16.8 Å². The number of fused-ring (bicyclic) bond motifs is 5. The van der Waals surface area contributed by atoms with Crippen LogP contribution in [0.2, 0.25) is 0 Å². The summed E-state index contributed by atoms with van der Waals surface area (Å²) in [6.45, 7) is 2.04. The number of hydrogen-bond acceptors (Lipinski definition) is 2. The third-order valence-electron chi connectivity index (χ3n) is 6.24. The van der Waals surface area contributed by atoms with Gasteiger partial charge in [0.2, 0.25) is 0 Å². The summed E-state index contributed by atoms with van der Waals surface area (Å²) in [5, 5.41) is 1.28. The minimum atomic E-state index is 0.239. The zero-order valence-corrected chi connectivity index (χ0v) is 14.3. The number of nitrogens with one attached hydrogen (secondary N) is 1. The number of likely N-dealkylation sites (N-methyl/N-ethyl adjacent to an activating group) is 1. The van der Waals surface area contributed by atoms with E-state index >= 15 is 0 Å². The highest BCUT2D eigenvalue weighted by molar-refractivity contribution is 5.99. The second-order valence-electron chi connectivity index (χ2n) is 7.87. The van der Waals surface area contributed by atoms with Crippen molar-refractivity contribution in [2.45, 2.75) is 50.6 Å². The largest absolute Gasteiger partial charge is 0.358 e. The number of carbonyl (C=O) groups is 1. The van der Waals surface area contributed by atoms with Gasteiger partial charge in [0, 0.05) is 47.3 Å². The first-order valence-electron chi connectivity index (χ1n) is 9.35. The fourth-order valence-corrected chi connectivity index (χ4v) is 5.13. The molecular weight excluding hydrogens is 298 g/mol.